The van der Waals surface area contributed by atoms with Crippen molar-refractivity contribution in [2.75, 3.05) is 6.26 Å². The fourth-order valence-electron chi connectivity index (χ4n) is 3.32. The average molecular weight is 438 g/mol. The highest BCUT2D eigenvalue weighted by molar-refractivity contribution is 7.86. The lowest BCUT2D eigenvalue weighted by Gasteiger charge is -2.29. The van der Waals surface area contributed by atoms with E-state index in [0.29, 0.717) is 12.1 Å². The number of benzene rings is 3. The van der Waals surface area contributed by atoms with Crippen molar-refractivity contribution in [3.8, 4) is 16.9 Å². The Labute approximate surface area is 184 Å². The second-order valence-corrected chi connectivity index (χ2v) is 9.14. The number of carbonyl (C=O) groups excluding carboxylic acids is 1. The third kappa shape index (κ3) is 6.18. The molecule has 5 nitrogen and oxygen atoms in total. The molecular formula is C25H27NO4S. The summed E-state index contributed by atoms with van der Waals surface area (Å²) in [5.74, 6) is 0.173. The van der Waals surface area contributed by atoms with Gasteiger partial charge in [-0.3, -0.25) is 4.79 Å². The summed E-state index contributed by atoms with van der Waals surface area (Å²) in [5.41, 5.74) is 3.57. The maximum absolute atomic E-state index is 13.3. The summed E-state index contributed by atoms with van der Waals surface area (Å²) in [5, 5.41) is 0. The van der Waals surface area contributed by atoms with Crippen LogP contribution in [0.1, 0.15) is 36.2 Å². The zero-order valence-corrected chi connectivity index (χ0v) is 18.8. The van der Waals surface area contributed by atoms with Gasteiger partial charge in [0.2, 0.25) is 0 Å². The van der Waals surface area contributed by atoms with Gasteiger partial charge < -0.3 is 9.08 Å². The molecule has 0 saturated carbocycles. The van der Waals surface area contributed by atoms with Crippen LogP contribution in [0.4, 0.5) is 0 Å². The SMILES string of the molecule is CCC(C)N(Cc1cccc(OS(C)(=O)=O)c1)C(=O)c1ccc(-c2ccccc2)cc1. The third-order valence-electron chi connectivity index (χ3n) is 5.12. The monoisotopic (exact) mass is 437 g/mol. The molecule has 0 bridgehead atoms. The van der Waals surface area contributed by atoms with Crippen LogP contribution in [0.2, 0.25) is 0 Å². The molecule has 6 heteroatoms. The highest BCUT2D eigenvalue weighted by atomic mass is 32.2. The van der Waals surface area contributed by atoms with Gasteiger partial charge in [0, 0.05) is 18.2 Å². The number of nitrogens with zero attached hydrogens (tertiary/aromatic N) is 1. The van der Waals surface area contributed by atoms with Crippen LogP contribution in [-0.2, 0) is 16.7 Å². The van der Waals surface area contributed by atoms with Gasteiger partial charge in [0.1, 0.15) is 5.75 Å². The standard InChI is InChI=1S/C25H27NO4S/c1-4-19(2)26(18-20-9-8-12-24(17-20)30-31(3,28)29)25(27)23-15-13-22(14-16-23)21-10-6-5-7-11-21/h5-17,19H,4,18H2,1-3H3. The Hall–Kier alpha value is -3.12. The molecule has 0 aliphatic rings. The van der Waals surface area contributed by atoms with E-state index in [1.807, 2.05) is 74.5 Å². The van der Waals surface area contributed by atoms with Crippen molar-refractivity contribution in [1.82, 2.24) is 4.90 Å². The fourth-order valence-corrected chi connectivity index (χ4v) is 3.77. The van der Waals surface area contributed by atoms with Crippen LogP contribution in [0.5, 0.6) is 5.75 Å². The molecule has 0 aliphatic carbocycles. The van der Waals surface area contributed by atoms with Gasteiger partial charge in [-0.05, 0) is 54.3 Å². The van der Waals surface area contributed by atoms with Gasteiger partial charge in [-0.1, -0.05) is 61.5 Å². The highest BCUT2D eigenvalue weighted by Gasteiger charge is 2.21. The summed E-state index contributed by atoms with van der Waals surface area (Å²) < 4.78 is 27.8. The molecule has 3 aromatic rings. The van der Waals surface area contributed by atoms with Gasteiger partial charge in [-0.2, -0.15) is 8.42 Å². The first-order valence-corrected chi connectivity index (χ1v) is 12.0. The first-order chi connectivity index (χ1) is 14.8. The van der Waals surface area contributed by atoms with E-state index in [1.54, 1.807) is 23.1 Å². The van der Waals surface area contributed by atoms with E-state index < -0.39 is 10.1 Å². The first kappa shape index (κ1) is 22.6. The summed E-state index contributed by atoms with van der Waals surface area (Å²) in [6.45, 7) is 4.40. The number of carbonyl (C=O) groups is 1. The Balaban J connectivity index is 1.82. The van der Waals surface area contributed by atoms with E-state index in [0.717, 1.165) is 29.4 Å². The molecule has 1 amide bonds. The molecule has 0 heterocycles. The molecule has 0 aliphatic heterocycles. The van der Waals surface area contributed by atoms with Gasteiger partial charge in [-0.15, -0.1) is 0 Å². The molecule has 1 atom stereocenters. The number of hydrogen-bond acceptors (Lipinski definition) is 4. The maximum Gasteiger partial charge on any atom is 0.306 e. The summed E-state index contributed by atoms with van der Waals surface area (Å²) in [7, 11) is -3.61. The minimum absolute atomic E-state index is 0.0146. The van der Waals surface area contributed by atoms with Crippen LogP contribution >= 0.6 is 0 Å². The topological polar surface area (TPSA) is 63.7 Å². The van der Waals surface area contributed by atoms with Crippen molar-refractivity contribution in [3.05, 3.63) is 90.0 Å². The van der Waals surface area contributed by atoms with Crippen LogP contribution in [0.3, 0.4) is 0 Å². The van der Waals surface area contributed by atoms with Gasteiger partial charge >= 0.3 is 10.1 Å². The maximum atomic E-state index is 13.3. The van der Waals surface area contributed by atoms with Crippen molar-refractivity contribution in [2.24, 2.45) is 0 Å². The zero-order chi connectivity index (χ0) is 22.4. The smallest absolute Gasteiger partial charge is 0.306 e. The minimum atomic E-state index is -3.61. The van der Waals surface area contributed by atoms with Crippen LogP contribution in [0, 0.1) is 0 Å². The van der Waals surface area contributed by atoms with Gasteiger partial charge in [-0.25, -0.2) is 0 Å². The highest BCUT2D eigenvalue weighted by Crippen LogP contribution is 2.22. The Morgan fingerprint density at radius 3 is 2.19 bits per heavy atom. The lowest BCUT2D eigenvalue weighted by molar-refractivity contribution is 0.0671. The normalized spacial score (nSPS) is 12.2. The number of hydrogen-bond donors (Lipinski definition) is 0. The largest absolute Gasteiger partial charge is 0.383 e. The van der Waals surface area contributed by atoms with Crippen molar-refractivity contribution in [3.63, 3.8) is 0 Å². The first-order valence-electron chi connectivity index (χ1n) is 10.2. The van der Waals surface area contributed by atoms with E-state index in [1.165, 1.54) is 0 Å². The molecule has 3 rings (SSSR count). The molecule has 0 fully saturated rings. The third-order valence-corrected chi connectivity index (χ3v) is 5.62. The average Bonchev–Trinajstić information content (AvgIpc) is 2.76. The van der Waals surface area contributed by atoms with Crippen LogP contribution in [-0.4, -0.2) is 31.5 Å². The molecule has 31 heavy (non-hydrogen) atoms. The van der Waals surface area contributed by atoms with Crippen LogP contribution in [0.15, 0.2) is 78.9 Å². The molecule has 0 N–H and O–H groups in total. The van der Waals surface area contributed by atoms with E-state index in [4.69, 9.17) is 4.18 Å². The van der Waals surface area contributed by atoms with Crippen molar-refractivity contribution < 1.29 is 17.4 Å². The van der Waals surface area contributed by atoms with Crippen molar-refractivity contribution in [1.29, 1.82) is 0 Å². The van der Waals surface area contributed by atoms with Crippen molar-refractivity contribution >= 4 is 16.0 Å². The zero-order valence-electron chi connectivity index (χ0n) is 18.0. The number of amides is 1. The Morgan fingerprint density at radius 2 is 1.58 bits per heavy atom. The molecule has 0 spiro atoms. The molecular weight excluding hydrogens is 410 g/mol. The van der Waals surface area contributed by atoms with E-state index in [-0.39, 0.29) is 17.7 Å². The van der Waals surface area contributed by atoms with Gasteiger partial charge in [0.25, 0.3) is 5.91 Å². The second-order valence-electron chi connectivity index (χ2n) is 7.57. The van der Waals surface area contributed by atoms with E-state index in [2.05, 4.69) is 0 Å². The van der Waals surface area contributed by atoms with Gasteiger partial charge in [0.15, 0.2) is 0 Å². The van der Waals surface area contributed by atoms with Gasteiger partial charge in [0.05, 0.1) is 6.26 Å². The summed E-state index contributed by atoms with van der Waals surface area (Å²) >= 11 is 0. The van der Waals surface area contributed by atoms with E-state index in [9.17, 15) is 13.2 Å². The number of rotatable bonds is 8. The minimum Gasteiger partial charge on any atom is -0.383 e. The molecule has 0 aromatic heterocycles. The van der Waals surface area contributed by atoms with E-state index >= 15 is 0 Å². The molecule has 162 valence electrons. The fraction of sp³-hybridized carbons (Fsp3) is 0.240. The molecule has 0 radical (unpaired) electrons. The molecule has 3 aromatic carbocycles. The quantitative estimate of drug-likeness (QED) is 0.458. The summed E-state index contributed by atoms with van der Waals surface area (Å²) in [4.78, 5) is 15.1. The summed E-state index contributed by atoms with van der Waals surface area (Å²) in [6.07, 6.45) is 1.81. The predicted molar refractivity (Wildman–Crippen MR) is 123 cm³/mol. The van der Waals surface area contributed by atoms with Crippen LogP contribution in [0.25, 0.3) is 11.1 Å². The Morgan fingerprint density at radius 1 is 0.935 bits per heavy atom. The Kier molecular flexibility index (Phi) is 7.13. The lowest BCUT2D eigenvalue weighted by atomic mass is 10.0. The molecule has 1 unspecified atom stereocenters. The second kappa shape index (κ2) is 9.79. The predicted octanol–water partition coefficient (Wildman–Crippen LogP) is 5.13. The summed E-state index contributed by atoms with van der Waals surface area (Å²) in [6, 6.07) is 24.5. The Bertz CT molecular complexity index is 1130. The lowest BCUT2D eigenvalue weighted by Crippen LogP contribution is -2.37. The molecule has 0 saturated heterocycles. The van der Waals surface area contributed by atoms with Crippen molar-refractivity contribution in [2.45, 2.75) is 32.9 Å². The van der Waals surface area contributed by atoms with Crippen LogP contribution < -0.4 is 4.18 Å².